The Balaban J connectivity index is 2.44. The lowest BCUT2D eigenvalue weighted by molar-refractivity contribution is -0.383. The molecule has 3 N–H and O–H groups in total. The molecule has 0 heterocycles. The van der Waals surface area contributed by atoms with Crippen LogP contribution in [0.15, 0.2) is 40.9 Å². The fourth-order valence-corrected chi connectivity index (χ4v) is 2.25. The van der Waals surface area contributed by atoms with Gasteiger partial charge in [-0.2, -0.15) is 0 Å². The predicted molar refractivity (Wildman–Crippen MR) is 79.7 cm³/mol. The number of nitro benzene ring substituents is 1. The van der Waals surface area contributed by atoms with Crippen molar-refractivity contribution >= 4 is 38.7 Å². The molecule has 2 rings (SSSR count). The summed E-state index contributed by atoms with van der Waals surface area (Å²) in [6, 6.07) is 10.5. The monoisotopic (exact) mass is 321 g/mol. The van der Waals surface area contributed by atoms with Gasteiger partial charge in [-0.25, -0.2) is 0 Å². The molecule has 0 radical (unpaired) electrons. The molecule has 2 aromatic rings. The zero-order chi connectivity index (χ0) is 14.0. The Morgan fingerprint density at radius 2 is 2.00 bits per heavy atom. The molecule has 0 aliphatic heterocycles. The quantitative estimate of drug-likeness (QED) is 0.508. The molecule has 0 aromatic heterocycles. The van der Waals surface area contributed by atoms with E-state index in [-0.39, 0.29) is 11.4 Å². The molecule has 0 aliphatic rings. The Labute approximate surface area is 118 Å². The van der Waals surface area contributed by atoms with Gasteiger partial charge in [0.25, 0.3) is 0 Å². The maximum Gasteiger partial charge on any atom is 0.315 e. The number of benzene rings is 2. The van der Waals surface area contributed by atoms with Crippen LogP contribution < -0.4 is 11.1 Å². The lowest BCUT2D eigenvalue weighted by Gasteiger charge is -2.11. The zero-order valence-corrected chi connectivity index (χ0v) is 11.8. The van der Waals surface area contributed by atoms with Gasteiger partial charge in [-0.15, -0.1) is 0 Å². The van der Waals surface area contributed by atoms with Crippen molar-refractivity contribution in [2.24, 2.45) is 0 Å². The minimum atomic E-state index is -0.480. The molecule has 5 nitrogen and oxygen atoms in total. The Morgan fingerprint density at radius 1 is 1.26 bits per heavy atom. The van der Waals surface area contributed by atoms with Gasteiger partial charge in [-0.05, 0) is 42.8 Å². The van der Waals surface area contributed by atoms with Crippen LogP contribution in [-0.4, -0.2) is 4.92 Å². The highest BCUT2D eigenvalue weighted by atomic mass is 79.9. The minimum absolute atomic E-state index is 0.107. The van der Waals surface area contributed by atoms with Crippen LogP contribution in [-0.2, 0) is 0 Å². The fourth-order valence-electron chi connectivity index (χ4n) is 1.78. The molecule has 98 valence electrons. The molecule has 0 aliphatic carbocycles. The molecular formula is C13H12BrN3O2. The summed E-state index contributed by atoms with van der Waals surface area (Å²) >= 11 is 3.38. The van der Waals surface area contributed by atoms with Crippen molar-refractivity contribution in [3.8, 4) is 0 Å². The third kappa shape index (κ3) is 2.85. The third-order valence-corrected chi connectivity index (χ3v) is 3.20. The number of para-hydroxylation sites is 1. The van der Waals surface area contributed by atoms with Gasteiger partial charge in [0.1, 0.15) is 11.4 Å². The molecule has 0 spiro atoms. The SMILES string of the molecule is Cc1cc(Br)ccc1Nc1cccc(N)c1[N+](=O)[O-]. The first kappa shape index (κ1) is 13.4. The first-order valence-corrected chi connectivity index (χ1v) is 6.34. The lowest BCUT2D eigenvalue weighted by atomic mass is 10.1. The van der Waals surface area contributed by atoms with Gasteiger partial charge in [0, 0.05) is 10.2 Å². The molecule has 0 fully saturated rings. The van der Waals surface area contributed by atoms with Crippen LogP contribution in [0, 0.1) is 17.0 Å². The van der Waals surface area contributed by atoms with Gasteiger partial charge in [0.15, 0.2) is 0 Å². The van der Waals surface area contributed by atoms with Crippen molar-refractivity contribution in [2.75, 3.05) is 11.1 Å². The number of hydrogen-bond donors (Lipinski definition) is 2. The third-order valence-electron chi connectivity index (χ3n) is 2.71. The predicted octanol–water partition coefficient (Wildman–Crippen LogP) is 3.99. The van der Waals surface area contributed by atoms with Crippen molar-refractivity contribution in [3.63, 3.8) is 0 Å². The van der Waals surface area contributed by atoms with Gasteiger partial charge in [0.2, 0.25) is 0 Å². The molecule has 0 unspecified atom stereocenters. The van der Waals surface area contributed by atoms with E-state index in [1.165, 1.54) is 6.07 Å². The van der Waals surface area contributed by atoms with Crippen LogP contribution in [0.4, 0.5) is 22.7 Å². The summed E-state index contributed by atoms with van der Waals surface area (Å²) in [7, 11) is 0. The summed E-state index contributed by atoms with van der Waals surface area (Å²) in [5, 5.41) is 14.1. The maximum absolute atomic E-state index is 11.0. The Morgan fingerprint density at radius 3 is 2.63 bits per heavy atom. The van der Waals surface area contributed by atoms with Crippen LogP contribution in [0.1, 0.15) is 5.56 Å². The summed E-state index contributed by atoms with van der Waals surface area (Å²) in [6.45, 7) is 1.92. The number of nitrogens with one attached hydrogen (secondary N) is 1. The molecule has 0 bridgehead atoms. The van der Waals surface area contributed by atoms with E-state index in [0.29, 0.717) is 5.69 Å². The molecular weight excluding hydrogens is 310 g/mol. The second-order valence-corrected chi connectivity index (χ2v) is 5.00. The Hall–Kier alpha value is -2.08. The summed E-state index contributed by atoms with van der Waals surface area (Å²) in [6.07, 6.45) is 0. The van der Waals surface area contributed by atoms with Gasteiger partial charge < -0.3 is 11.1 Å². The highest BCUT2D eigenvalue weighted by molar-refractivity contribution is 9.10. The standard InChI is InChI=1S/C13H12BrN3O2/c1-8-7-9(14)5-6-11(8)16-12-4-2-3-10(15)13(12)17(18)19/h2-7,16H,15H2,1H3. The first-order chi connectivity index (χ1) is 8.99. The summed E-state index contributed by atoms with van der Waals surface area (Å²) < 4.78 is 0.956. The second-order valence-electron chi connectivity index (χ2n) is 4.08. The van der Waals surface area contributed by atoms with E-state index in [4.69, 9.17) is 5.73 Å². The molecule has 0 saturated carbocycles. The number of hydrogen-bond acceptors (Lipinski definition) is 4. The van der Waals surface area contributed by atoms with Crippen molar-refractivity contribution in [1.29, 1.82) is 0 Å². The lowest BCUT2D eigenvalue weighted by Crippen LogP contribution is -2.01. The van der Waals surface area contributed by atoms with Crippen molar-refractivity contribution < 1.29 is 4.92 Å². The summed E-state index contributed by atoms with van der Waals surface area (Å²) in [4.78, 5) is 10.6. The number of aryl methyl sites for hydroxylation is 1. The number of nitrogens with zero attached hydrogens (tertiary/aromatic N) is 1. The van der Waals surface area contributed by atoms with E-state index >= 15 is 0 Å². The van der Waals surface area contributed by atoms with E-state index in [0.717, 1.165) is 15.7 Å². The molecule has 19 heavy (non-hydrogen) atoms. The van der Waals surface area contributed by atoms with Crippen LogP contribution in [0.25, 0.3) is 0 Å². The molecule has 0 atom stereocenters. The van der Waals surface area contributed by atoms with Gasteiger partial charge in [0.05, 0.1) is 4.92 Å². The summed E-state index contributed by atoms with van der Waals surface area (Å²) in [5.74, 6) is 0. The van der Waals surface area contributed by atoms with Crippen molar-refractivity contribution in [1.82, 2.24) is 0 Å². The van der Waals surface area contributed by atoms with Crippen LogP contribution in [0.3, 0.4) is 0 Å². The molecule has 0 amide bonds. The number of nitro groups is 1. The van der Waals surface area contributed by atoms with Crippen molar-refractivity contribution in [3.05, 3.63) is 56.5 Å². The van der Waals surface area contributed by atoms with E-state index in [1.807, 2.05) is 25.1 Å². The van der Waals surface area contributed by atoms with Gasteiger partial charge >= 0.3 is 5.69 Å². The Kier molecular flexibility index (Phi) is 3.71. The highest BCUT2D eigenvalue weighted by Crippen LogP contribution is 2.33. The average Bonchev–Trinajstić information content (AvgIpc) is 2.32. The number of nitrogens with two attached hydrogens (primary N) is 1. The van der Waals surface area contributed by atoms with E-state index in [9.17, 15) is 10.1 Å². The second kappa shape index (κ2) is 5.27. The van der Waals surface area contributed by atoms with Crippen LogP contribution in [0.2, 0.25) is 0 Å². The number of anilines is 3. The largest absolute Gasteiger partial charge is 0.393 e. The average molecular weight is 322 g/mol. The van der Waals surface area contributed by atoms with Gasteiger partial charge in [-0.1, -0.05) is 22.0 Å². The smallest absolute Gasteiger partial charge is 0.315 e. The Bertz CT molecular complexity index is 644. The maximum atomic E-state index is 11.0. The highest BCUT2D eigenvalue weighted by Gasteiger charge is 2.18. The van der Waals surface area contributed by atoms with E-state index in [2.05, 4.69) is 21.2 Å². The van der Waals surface area contributed by atoms with Gasteiger partial charge in [-0.3, -0.25) is 10.1 Å². The fraction of sp³-hybridized carbons (Fsp3) is 0.0769. The molecule has 6 heteroatoms. The van der Waals surface area contributed by atoms with Crippen LogP contribution >= 0.6 is 15.9 Å². The topological polar surface area (TPSA) is 81.2 Å². The number of halogens is 1. The number of nitrogen functional groups attached to an aromatic ring is 1. The minimum Gasteiger partial charge on any atom is -0.393 e. The molecule has 0 saturated heterocycles. The molecule has 2 aromatic carbocycles. The van der Waals surface area contributed by atoms with Crippen molar-refractivity contribution in [2.45, 2.75) is 6.92 Å². The summed E-state index contributed by atoms with van der Waals surface area (Å²) in [5.41, 5.74) is 7.85. The zero-order valence-electron chi connectivity index (χ0n) is 10.2. The van der Waals surface area contributed by atoms with E-state index in [1.54, 1.807) is 12.1 Å². The number of rotatable bonds is 3. The normalized spacial score (nSPS) is 10.2. The van der Waals surface area contributed by atoms with Crippen LogP contribution in [0.5, 0.6) is 0 Å². The first-order valence-electron chi connectivity index (χ1n) is 5.55. The van der Waals surface area contributed by atoms with E-state index < -0.39 is 4.92 Å².